The summed E-state index contributed by atoms with van der Waals surface area (Å²) in [5.74, 6) is 0.0821. The van der Waals surface area contributed by atoms with Crippen molar-refractivity contribution < 1.29 is 23.1 Å². The van der Waals surface area contributed by atoms with Crippen LogP contribution in [0.3, 0.4) is 0 Å². The van der Waals surface area contributed by atoms with Crippen molar-refractivity contribution in [3.63, 3.8) is 0 Å². The van der Waals surface area contributed by atoms with Gasteiger partial charge in [0.2, 0.25) is 10.0 Å². The van der Waals surface area contributed by atoms with Crippen molar-refractivity contribution in [2.24, 2.45) is 0 Å². The standard InChI is InChI=1S/C9H12BNO5S/c12-10(13)16-8-2-1-3-9(6-8)17(14,15)11-7-4-5-7/h1-3,6-7,11-13H,4-5H2. The number of hydrogen-bond acceptors (Lipinski definition) is 5. The summed E-state index contributed by atoms with van der Waals surface area (Å²) in [5.41, 5.74) is 0. The highest BCUT2D eigenvalue weighted by atomic mass is 32.2. The zero-order valence-corrected chi connectivity index (χ0v) is 9.72. The fourth-order valence-corrected chi connectivity index (χ4v) is 2.66. The third kappa shape index (κ3) is 3.43. The maximum atomic E-state index is 11.8. The Morgan fingerprint density at radius 3 is 2.65 bits per heavy atom. The largest absolute Gasteiger partial charge is 0.707 e. The predicted octanol–water partition coefficient (Wildman–Crippen LogP) is -0.524. The molecule has 1 fully saturated rings. The first-order valence-electron chi connectivity index (χ1n) is 5.12. The molecule has 6 nitrogen and oxygen atoms in total. The average Bonchev–Trinajstić information content (AvgIpc) is 3.00. The fourth-order valence-electron chi connectivity index (χ4n) is 1.33. The molecule has 0 aromatic heterocycles. The second kappa shape index (κ2) is 4.65. The lowest BCUT2D eigenvalue weighted by Crippen LogP contribution is -2.26. The molecule has 0 heterocycles. The molecule has 92 valence electrons. The monoisotopic (exact) mass is 257 g/mol. The van der Waals surface area contributed by atoms with Crippen LogP contribution in [0.5, 0.6) is 5.75 Å². The average molecular weight is 257 g/mol. The van der Waals surface area contributed by atoms with Gasteiger partial charge in [0.1, 0.15) is 5.75 Å². The first-order chi connectivity index (χ1) is 7.97. The quantitative estimate of drug-likeness (QED) is 0.616. The molecule has 2 rings (SSSR count). The van der Waals surface area contributed by atoms with E-state index in [4.69, 9.17) is 10.0 Å². The highest BCUT2D eigenvalue weighted by molar-refractivity contribution is 7.89. The van der Waals surface area contributed by atoms with Crippen LogP contribution in [-0.2, 0) is 10.0 Å². The van der Waals surface area contributed by atoms with Crippen LogP contribution >= 0.6 is 0 Å². The third-order valence-corrected chi connectivity index (χ3v) is 3.77. The first kappa shape index (κ1) is 12.4. The zero-order chi connectivity index (χ0) is 12.5. The predicted molar refractivity (Wildman–Crippen MR) is 60.6 cm³/mol. The molecule has 17 heavy (non-hydrogen) atoms. The van der Waals surface area contributed by atoms with Crippen LogP contribution in [0.15, 0.2) is 29.2 Å². The van der Waals surface area contributed by atoms with E-state index in [2.05, 4.69) is 9.38 Å². The zero-order valence-electron chi connectivity index (χ0n) is 8.91. The van der Waals surface area contributed by atoms with Crippen LogP contribution < -0.4 is 9.38 Å². The van der Waals surface area contributed by atoms with Gasteiger partial charge < -0.3 is 14.7 Å². The van der Waals surface area contributed by atoms with Gasteiger partial charge in [0.05, 0.1) is 4.90 Å². The summed E-state index contributed by atoms with van der Waals surface area (Å²) < 4.78 is 30.8. The molecule has 0 atom stereocenters. The molecule has 0 radical (unpaired) electrons. The molecule has 0 bridgehead atoms. The van der Waals surface area contributed by atoms with Crippen LogP contribution in [0.4, 0.5) is 0 Å². The maximum absolute atomic E-state index is 11.8. The van der Waals surface area contributed by atoms with Crippen molar-refractivity contribution in [2.75, 3.05) is 0 Å². The highest BCUT2D eigenvalue weighted by Crippen LogP contribution is 2.23. The van der Waals surface area contributed by atoms with E-state index in [9.17, 15) is 8.42 Å². The van der Waals surface area contributed by atoms with Crippen molar-refractivity contribution in [1.82, 2.24) is 4.72 Å². The van der Waals surface area contributed by atoms with Gasteiger partial charge in [-0.05, 0) is 31.0 Å². The summed E-state index contributed by atoms with van der Waals surface area (Å²) >= 11 is 0. The SMILES string of the molecule is O=S(=O)(NC1CC1)c1cccc(OB(O)O)c1. The second-order valence-electron chi connectivity index (χ2n) is 3.81. The number of benzene rings is 1. The summed E-state index contributed by atoms with van der Waals surface area (Å²) in [6.45, 7) is 0. The molecule has 0 amide bonds. The van der Waals surface area contributed by atoms with Crippen molar-refractivity contribution in [2.45, 2.75) is 23.8 Å². The van der Waals surface area contributed by atoms with E-state index in [1.165, 1.54) is 24.3 Å². The molecule has 8 heteroatoms. The maximum Gasteiger partial charge on any atom is 0.707 e. The van der Waals surface area contributed by atoms with Crippen molar-refractivity contribution in [3.05, 3.63) is 24.3 Å². The minimum absolute atomic E-state index is 0.0213. The second-order valence-corrected chi connectivity index (χ2v) is 5.53. The van der Waals surface area contributed by atoms with Gasteiger partial charge in [-0.15, -0.1) is 0 Å². The molecule has 1 aromatic rings. The lowest BCUT2D eigenvalue weighted by Gasteiger charge is -2.08. The summed E-state index contributed by atoms with van der Waals surface area (Å²) in [5, 5.41) is 17.2. The number of nitrogens with one attached hydrogen (secondary N) is 1. The Labute approximate surface area is 99.5 Å². The molecule has 0 aliphatic heterocycles. The molecule has 1 aliphatic carbocycles. The molecule has 0 spiro atoms. The van der Waals surface area contributed by atoms with Gasteiger partial charge in [0.15, 0.2) is 0 Å². The molecule has 0 saturated heterocycles. The lowest BCUT2D eigenvalue weighted by atomic mass is 10.2. The van der Waals surface area contributed by atoms with Gasteiger partial charge in [-0.3, -0.25) is 0 Å². The Bertz CT molecular complexity index is 500. The number of sulfonamides is 1. The minimum Gasteiger partial charge on any atom is -0.512 e. The third-order valence-electron chi connectivity index (χ3n) is 2.26. The van der Waals surface area contributed by atoms with Gasteiger partial charge in [-0.1, -0.05) is 6.07 Å². The molecule has 1 aromatic carbocycles. The van der Waals surface area contributed by atoms with Crippen LogP contribution in [0, 0.1) is 0 Å². The lowest BCUT2D eigenvalue weighted by molar-refractivity contribution is 0.288. The van der Waals surface area contributed by atoms with E-state index in [0.29, 0.717) is 0 Å². The Balaban J connectivity index is 2.19. The smallest absolute Gasteiger partial charge is 0.512 e. The summed E-state index contributed by atoms with van der Waals surface area (Å²) in [6, 6.07) is 5.59. The van der Waals surface area contributed by atoms with Crippen LogP contribution in [0.1, 0.15) is 12.8 Å². The van der Waals surface area contributed by atoms with Gasteiger partial charge in [0, 0.05) is 6.04 Å². The minimum atomic E-state index is -3.55. The van der Waals surface area contributed by atoms with Crippen LogP contribution in [0.25, 0.3) is 0 Å². The van der Waals surface area contributed by atoms with Crippen molar-refractivity contribution >= 4 is 17.3 Å². The number of rotatable bonds is 5. The first-order valence-corrected chi connectivity index (χ1v) is 6.61. The Hall–Kier alpha value is -1.09. The van der Waals surface area contributed by atoms with E-state index in [-0.39, 0.29) is 16.7 Å². The highest BCUT2D eigenvalue weighted by Gasteiger charge is 2.28. The topological polar surface area (TPSA) is 95.9 Å². The Kier molecular flexibility index (Phi) is 3.39. The molecule has 3 N–H and O–H groups in total. The van der Waals surface area contributed by atoms with E-state index in [1.54, 1.807) is 0 Å². The Morgan fingerprint density at radius 2 is 2.06 bits per heavy atom. The molecule has 1 aliphatic rings. The normalized spacial score (nSPS) is 15.6. The van der Waals surface area contributed by atoms with E-state index in [1.807, 2.05) is 0 Å². The van der Waals surface area contributed by atoms with E-state index < -0.39 is 17.3 Å². The summed E-state index contributed by atoms with van der Waals surface area (Å²) in [6.07, 6.45) is 1.70. The van der Waals surface area contributed by atoms with Gasteiger partial charge >= 0.3 is 7.32 Å². The van der Waals surface area contributed by atoms with Gasteiger partial charge in [-0.25, -0.2) is 13.1 Å². The van der Waals surface area contributed by atoms with Crippen LogP contribution in [0.2, 0.25) is 0 Å². The van der Waals surface area contributed by atoms with Crippen molar-refractivity contribution in [1.29, 1.82) is 0 Å². The fraction of sp³-hybridized carbons (Fsp3) is 0.333. The molecule has 1 saturated carbocycles. The Morgan fingerprint density at radius 1 is 1.35 bits per heavy atom. The molecule has 0 unspecified atom stereocenters. The summed E-state index contributed by atoms with van der Waals surface area (Å²) in [4.78, 5) is 0.0440. The van der Waals surface area contributed by atoms with E-state index in [0.717, 1.165) is 12.8 Å². The summed E-state index contributed by atoms with van der Waals surface area (Å²) in [7, 11) is -5.52. The van der Waals surface area contributed by atoms with Crippen LogP contribution in [-0.4, -0.2) is 31.8 Å². The van der Waals surface area contributed by atoms with E-state index >= 15 is 0 Å². The van der Waals surface area contributed by atoms with Gasteiger partial charge in [0.25, 0.3) is 0 Å². The van der Waals surface area contributed by atoms with Gasteiger partial charge in [-0.2, -0.15) is 0 Å². The number of hydrogen-bond donors (Lipinski definition) is 3. The van der Waals surface area contributed by atoms with Crippen molar-refractivity contribution in [3.8, 4) is 5.75 Å². The molecular weight excluding hydrogens is 245 g/mol. The molecular formula is C9H12BNO5S.